The number of hydrogen-bond acceptors (Lipinski definition) is 7. The third-order valence-electron chi connectivity index (χ3n) is 4.24. The first kappa shape index (κ1) is 18.3. The number of carbonyl (C=O) groups excluding carboxylic acids is 3. The lowest BCUT2D eigenvalue weighted by molar-refractivity contribution is -0.148. The Bertz CT molecular complexity index is 743. The van der Waals surface area contributed by atoms with E-state index in [2.05, 4.69) is 18.2 Å². The molecule has 1 fully saturated rings. The van der Waals surface area contributed by atoms with Crippen LogP contribution in [-0.2, 0) is 13.8 Å². The number of ether oxygens (including phenoxy) is 2. The fourth-order valence-electron chi connectivity index (χ4n) is 3.22. The standard InChI is InChI=1S/C16H19N3O6S/c1-3-17-15(21)24-9-5-6-10-11(7-9)12-8-18(16(22)19(12)25-26)13(10)14(20)23-4-2/h5-7,12-13,26H,3-4,8H2,1-2H3,(H,17,21). The van der Waals surface area contributed by atoms with E-state index in [0.717, 1.165) is 5.06 Å². The van der Waals surface area contributed by atoms with Crippen molar-refractivity contribution in [3.63, 3.8) is 0 Å². The fraction of sp³-hybridized carbons (Fsp3) is 0.438. The van der Waals surface area contributed by atoms with Crippen LogP contribution in [0.25, 0.3) is 0 Å². The van der Waals surface area contributed by atoms with E-state index in [1.807, 2.05) is 0 Å². The number of thiol groups is 1. The monoisotopic (exact) mass is 381 g/mol. The van der Waals surface area contributed by atoms with Gasteiger partial charge in [0.25, 0.3) is 0 Å². The lowest BCUT2D eigenvalue weighted by atomic mass is 9.91. The van der Waals surface area contributed by atoms with Crippen molar-refractivity contribution >= 4 is 31.0 Å². The van der Waals surface area contributed by atoms with Gasteiger partial charge in [-0.25, -0.2) is 18.7 Å². The first-order chi connectivity index (χ1) is 12.5. The van der Waals surface area contributed by atoms with Crippen molar-refractivity contribution in [2.75, 3.05) is 19.7 Å². The van der Waals surface area contributed by atoms with Crippen LogP contribution in [0, 0.1) is 0 Å². The van der Waals surface area contributed by atoms with E-state index in [0.29, 0.717) is 23.4 Å². The van der Waals surface area contributed by atoms with Crippen LogP contribution in [0.2, 0.25) is 0 Å². The van der Waals surface area contributed by atoms with Crippen molar-refractivity contribution in [1.82, 2.24) is 15.3 Å². The Morgan fingerprint density at radius 1 is 1.31 bits per heavy atom. The van der Waals surface area contributed by atoms with Crippen LogP contribution < -0.4 is 10.1 Å². The van der Waals surface area contributed by atoms with Gasteiger partial charge in [0, 0.05) is 19.5 Å². The summed E-state index contributed by atoms with van der Waals surface area (Å²) in [5.41, 5.74) is 1.24. The van der Waals surface area contributed by atoms with Crippen LogP contribution in [0.1, 0.15) is 37.1 Å². The van der Waals surface area contributed by atoms with E-state index >= 15 is 0 Å². The lowest BCUT2D eigenvalue weighted by Crippen LogP contribution is -2.39. The van der Waals surface area contributed by atoms with Crippen LogP contribution in [0.5, 0.6) is 5.75 Å². The van der Waals surface area contributed by atoms with E-state index in [1.165, 1.54) is 4.90 Å². The first-order valence-corrected chi connectivity index (χ1v) is 8.55. The average molecular weight is 381 g/mol. The first-order valence-electron chi connectivity index (χ1n) is 8.19. The highest BCUT2D eigenvalue weighted by Crippen LogP contribution is 2.45. The SMILES string of the molecule is CCNC(=O)Oc1ccc2c(c1)C1CN(C(=O)N1OS)C2C(=O)OCC. The Balaban J connectivity index is 2.00. The van der Waals surface area contributed by atoms with Crippen molar-refractivity contribution < 1.29 is 28.1 Å². The molecular formula is C16H19N3O6S. The number of nitrogens with one attached hydrogen (secondary N) is 1. The van der Waals surface area contributed by atoms with Gasteiger partial charge in [-0.15, -0.1) is 0 Å². The molecule has 2 unspecified atom stereocenters. The molecule has 1 aromatic carbocycles. The summed E-state index contributed by atoms with van der Waals surface area (Å²) in [6.07, 6.45) is -0.586. The molecule has 9 nitrogen and oxygen atoms in total. The van der Waals surface area contributed by atoms with Crippen molar-refractivity contribution in [3.05, 3.63) is 29.3 Å². The predicted octanol–water partition coefficient (Wildman–Crippen LogP) is 1.97. The molecule has 140 valence electrons. The molecule has 2 aliphatic heterocycles. The molecule has 3 rings (SSSR count). The second kappa shape index (κ2) is 7.42. The highest BCUT2D eigenvalue weighted by atomic mass is 32.1. The topological polar surface area (TPSA) is 97.4 Å². The van der Waals surface area contributed by atoms with Gasteiger partial charge in [-0.2, -0.15) is 5.06 Å². The number of benzene rings is 1. The van der Waals surface area contributed by atoms with Crippen LogP contribution in [0.3, 0.4) is 0 Å². The Labute approximate surface area is 155 Å². The second-order valence-electron chi connectivity index (χ2n) is 5.72. The summed E-state index contributed by atoms with van der Waals surface area (Å²) in [5, 5.41) is 3.61. The average Bonchev–Trinajstić information content (AvgIpc) is 2.89. The Morgan fingerprint density at radius 3 is 2.73 bits per heavy atom. The van der Waals surface area contributed by atoms with Crippen molar-refractivity contribution in [2.24, 2.45) is 0 Å². The molecule has 1 N–H and O–H groups in total. The van der Waals surface area contributed by atoms with Gasteiger partial charge in [0.05, 0.1) is 13.2 Å². The molecule has 0 saturated carbocycles. The minimum absolute atomic E-state index is 0.196. The molecule has 2 atom stereocenters. The summed E-state index contributed by atoms with van der Waals surface area (Å²) in [6, 6.07) is 3.00. The molecule has 10 heteroatoms. The Kier molecular flexibility index (Phi) is 5.23. The van der Waals surface area contributed by atoms with E-state index in [1.54, 1.807) is 32.0 Å². The van der Waals surface area contributed by atoms with Gasteiger partial charge in [0.1, 0.15) is 11.8 Å². The number of hydroxylamine groups is 2. The molecule has 0 radical (unpaired) electrons. The third kappa shape index (κ3) is 3.06. The Morgan fingerprint density at radius 2 is 2.08 bits per heavy atom. The summed E-state index contributed by atoms with van der Waals surface area (Å²) < 4.78 is 15.3. The summed E-state index contributed by atoms with van der Waals surface area (Å²) >= 11 is 3.75. The zero-order chi connectivity index (χ0) is 18.8. The summed E-state index contributed by atoms with van der Waals surface area (Å²) in [4.78, 5) is 38.0. The van der Waals surface area contributed by atoms with Gasteiger partial charge in [-0.05, 0) is 37.1 Å². The highest BCUT2D eigenvalue weighted by molar-refractivity contribution is 7.75. The fourth-order valence-corrected chi connectivity index (χ4v) is 3.40. The molecule has 26 heavy (non-hydrogen) atoms. The number of nitrogens with zero attached hydrogens (tertiary/aromatic N) is 2. The van der Waals surface area contributed by atoms with E-state index in [-0.39, 0.29) is 13.2 Å². The highest BCUT2D eigenvalue weighted by Gasteiger charge is 2.51. The second-order valence-corrected chi connectivity index (χ2v) is 5.89. The minimum atomic E-state index is -0.888. The van der Waals surface area contributed by atoms with Crippen LogP contribution in [0.4, 0.5) is 9.59 Å². The molecule has 1 saturated heterocycles. The molecule has 0 spiro atoms. The number of fused-ring (bicyclic) bond motifs is 4. The van der Waals surface area contributed by atoms with Gasteiger partial charge in [0.15, 0.2) is 6.04 Å². The third-order valence-corrected chi connectivity index (χ3v) is 4.42. The van der Waals surface area contributed by atoms with Crippen LogP contribution >= 0.6 is 12.9 Å². The minimum Gasteiger partial charge on any atom is -0.464 e. The lowest BCUT2D eigenvalue weighted by Gasteiger charge is -2.31. The van der Waals surface area contributed by atoms with Gasteiger partial charge >= 0.3 is 18.1 Å². The largest absolute Gasteiger partial charge is 0.464 e. The number of rotatable bonds is 5. The number of carbonyl (C=O) groups is 3. The van der Waals surface area contributed by atoms with E-state index < -0.39 is 30.2 Å². The maximum absolute atomic E-state index is 12.5. The van der Waals surface area contributed by atoms with E-state index in [9.17, 15) is 14.4 Å². The number of urea groups is 1. The number of amides is 3. The molecule has 2 heterocycles. The predicted molar refractivity (Wildman–Crippen MR) is 92.3 cm³/mol. The van der Waals surface area contributed by atoms with Crippen molar-refractivity contribution in [1.29, 1.82) is 0 Å². The maximum atomic E-state index is 12.5. The number of hydrogen-bond donors (Lipinski definition) is 2. The molecule has 2 aliphatic rings. The summed E-state index contributed by atoms with van der Waals surface area (Å²) in [7, 11) is 0. The molecular weight excluding hydrogens is 362 g/mol. The van der Waals surface area contributed by atoms with Crippen molar-refractivity contribution in [2.45, 2.75) is 25.9 Å². The Hall–Kier alpha value is -2.46. The molecule has 0 aliphatic carbocycles. The smallest absolute Gasteiger partial charge is 0.412 e. The van der Waals surface area contributed by atoms with Crippen molar-refractivity contribution in [3.8, 4) is 5.75 Å². The van der Waals surface area contributed by atoms with E-state index in [4.69, 9.17) is 13.8 Å². The van der Waals surface area contributed by atoms with Gasteiger partial charge < -0.3 is 19.7 Å². The van der Waals surface area contributed by atoms with Gasteiger partial charge in [-0.1, -0.05) is 6.07 Å². The summed E-state index contributed by atoms with van der Waals surface area (Å²) in [6.45, 7) is 4.34. The zero-order valence-corrected chi connectivity index (χ0v) is 15.2. The zero-order valence-electron chi connectivity index (χ0n) is 14.3. The van der Waals surface area contributed by atoms with Gasteiger partial charge in [0.2, 0.25) is 0 Å². The number of esters is 1. The van der Waals surface area contributed by atoms with Crippen LogP contribution in [-0.4, -0.2) is 47.8 Å². The normalized spacial score (nSPS) is 20.7. The van der Waals surface area contributed by atoms with Crippen LogP contribution in [0.15, 0.2) is 18.2 Å². The quantitative estimate of drug-likeness (QED) is 0.460. The molecule has 1 aromatic rings. The molecule has 0 aromatic heterocycles. The molecule has 2 bridgehead atoms. The maximum Gasteiger partial charge on any atom is 0.412 e. The molecule has 3 amide bonds. The summed E-state index contributed by atoms with van der Waals surface area (Å²) in [5.74, 6) is -0.233. The van der Waals surface area contributed by atoms with Gasteiger partial charge in [-0.3, -0.25) is 0 Å².